The Bertz CT molecular complexity index is 764. The summed E-state index contributed by atoms with van der Waals surface area (Å²) in [5.41, 5.74) is 9.17. The van der Waals surface area contributed by atoms with Gasteiger partial charge in [0.05, 0.1) is 16.3 Å². The number of oxazole rings is 1. The Balaban J connectivity index is 1.91. The molecular weight excluding hydrogens is 296 g/mol. The summed E-state index contributed by atoms with van der Waals surface area (Å²) in [5.74, 6) is 6.56. The molecule has 4 N–H and O–H groups in total. The maximum Gasteiger partial charge on any atom is 0.226 e. The number of nitrogens with zero attached hydrogens (tertiary/aromatic N) is 2. The van der Waals surface area contributed by atoms with Gasteiger partial charge < -0.3 is 15.2 Å². The maximum absolute atomic E-state index is 6.11. The lowest BCUT2D eigenvalue weighted by Gasteiger charge is -2.24. The first-order valence-electron chi connectivity index (χ1n) is 6.99. The predicted octanol–water partition coefficient (Wildman–Crippen LogP) is 3.74. The highest BCUT2D eigenvalue weighted by Gasteiger charge is 2.13. The molecule has 0 spiro atoms. The fraction of sp³-hybridized carbons (Fsp3) is 0.188. The average Bonchev–Trinajstić information content (AvgIpc) is 3.17. The van der Waals surface area contributed by atoms with E-state index in [1.54, 1.807) is 22.6 Å². The van der Waals surface area contributed by atoms with Crippen molar-refractivity contribution in [3.05, 3.63) is 42.0 Å². The van der Waals surface area contributed by atoms with Crippen LogP contribution >= 0.6 is 11.3 Å². The van der Waals surface area contributed by atoms with E-state index >= 15 is 0 Å². The van der Waals surface area contributed by atoms with Gasteiger partial charge in [-0.15, -0.1) is 11.3 Å². The topological polar surface area (TPSA) is 81.3 Å². The van der Waals surface area contributed by atoms with Crippen molar-refractivity contribution in [3.8, 4) is 22.0 Å². The molecule has 3 rings (SSSR count). The van der Waals surface area contributed by atoms with Crippen LogP contribution in [-0.2, 0) is 0 Å². The van der Waals surface area contributed by atoms with Gasteiger partial charge in [-0.25, -0.2) is 10.8 Å². The Labute approximate surface area is 133 Å². The molecule has 0 amide bonds. The minimum atomic E-state index is 0.167. The first-order valence-corrected chi connectivity index (χ1v) is 7.87. The number of hydrogen-bond donors (Lipinski definition) is 2. The van der Waals surface area contributed by atoms with Crippen molar-refractivity contribution >= 4 is 22.7 Å². The highest BCUT2D eigenvalue weighted by molar-refractivity contribution is 7.13. The summed E-state index contributed by atoms with van der Waals surface area (Å²) in [5, 5.41) is 3.66. The second-order valence-electron chi connectivity index (χ2n) is 5.29. The molecule has 0 aliphatic heterocycles. The van der Waals surface area contributed by atoms with Crippen molar-refractivity contribution in [2.45, 2.75) is 19.9 Å². The molecule has 5 nitrogen and oxygen atoms in total. The lowest BCUT2D eigenvalue weighted by molar-refractivity contribution is 0.575. The fourth-order valence-electron chi connectivity index (χ4n) is 2.14. The van der Waals surface area contributed by atoms with Crippen LogP contribution in [0.2, 0.25) is 0 Å². The molecule has 1 aromatic carbocycles. The molecule has 114 valence electrons. The fourth-order valence-corrected chi connectivity index (χ4v) is 2.82. The van der Waals surface area contributed by atoms with Crippen molar-refractivity contribution in [2.24, 2.45) is 5.84 Å². The van der Waals surface area contributed by atoms with Gasteiger partial charge in [0.1, 0.15) is 12.0 Å². The number of hydrazine groups is 1. The molecule has 0 aliphatic rings. The van der Waals surface area contributed by atoms with Crippen molar-refractivity contribution in [3.63, 3.8) is 0 Å². The number of nitrogen functional groups attached to an aromatic ring is 1. The van der Waals surface area contributed by atoms with Gasteiger partial charge >= 0.3 is 0 Å². The van der Waals surface area contributed by atoms with Gasteiger partial charge in [0.2, 0.25) is 5.89 Å². The molecule has 0 saturated carbocycles. The molecule has 0 bridgehead atoms. The van der Waals surface area contributed by atoms with Crippen molar-refractivity contribution < 1.29 is 4.42 Å². The molecule has 0 saturated heterocycles. The molecule has 22 heavy (non-hydrogen) atoms. The van der Waals surface area contributed by atoms with Gasteiger partial charge in [0.15, 0.2) is 0 Å². The van der Waals surface area contributed by atoms with E-state index in [9.17, 15) is 0 Å². The van der Waals surface area contributed by atoms with Crippen molar-refractivity contribution in [1.82, 2.24) is 4.98 Å². The molecule has 0 radical (unpaired) electrons. The third-order valence-electron chi connectivity index (χ3n) is 3.39. The van der Waals surface area contributed by atoms with Crippen LogP contribution in [0.25, 0.3) is 22.0 Å². The van der Waals surface area contributed by atoms with E-state index in [0.29, 0.717) is 11.6 Å². The van der Waals surface area contributed by atoms with Gasteiger partial charge in [-0.1, -0.05) is 6.07 Å². The number of aromatic nitrogens is 1. The lowest BCUT2D eigenvalue weighted by Crippen LogP contribution is -2.37. The van der Waals surface area contributed by atoms with Gasteiger partial charge in [-0.05, 0) is 43.5 Å². The second kappa shape index (κ2) is 5.82. The number of benzene rings is 1. The molecule has 0 aliphatic carbocycles. The Morgan fingerprint density at radius 3 is 2.73 bits per heavy atom. The van der Waals surface area contributed by atoms with Crippen LogP contribution in [-0.4, -0.2) is 11.0 Å². The number of rotatable bonds is 4. The SMILES string of the molecule is CC(C)N(N)c1ccc(-c2nc(-c3cccs3)co2)cc1N. The molecule has 6 heteroatoms. The zero-order valence-corrected chi connectivity index (χ0v) is 13.3. The number of nitrogens with two attached hydrogens (primary N) is 2. The van der Waals surface area contributed by atoms with Gasteiger partial charge in [0, 0.05) is 11.6 Å². The zero-order chi connectivity index (χ0) is 15.7. The Kier molecular flexibility index (Phi) is 3.87. The normalized spacial score (nSPS) is 11.1. The number of hydrogen-bond acceptors (Lipinski definition) is 6. The molecular formula is C16H18N4OS. The monoisotopic (exact) mass is 314 g/mol. The lowest BCUT2D eigenvalue weighted by atomic mass is 10.1. The molecule has 0 unspecified atom stereocenters. The third kappa shape index (κ3) is 2.70. The third-order valence-corrected chi connectivity index (χ3v) is 4.28. The van der Waals surface area contributed by atoms with E-state index in [2.05, 4.69) is 4.98 Å². The van der Waals surface area contributed by atoms with Gasteiger partial charge in [0.25, 0.3) is 0 Å². The molecule has 0 fully saturated rings. The number of anilines is 2. The summed E-state index contributed by atoms with van der Waals surface area (Å²) in [6.45, 7) is 4.02. The van der Waals surface area contributed by atoms with E-state index in [1.807, 2.05) is 49.6 Å². The minimum absolute atomic E-state index is 0.167. The van der Waals surface area contributed by atoms with Crippen LogP contribution in [0, 0.1) is 0 Å². The van der Waals surface area contributed by atoms with Gasteiger partial charge in [-0.2, -0.15) is 0 Å². The molecule has 2 heterocycles. The minimum Gasteiger partial charge on any atom is -0.444 e. The van der Waals surface area contributed by atoms with E-state index in [4.69, 9.17) is 16.0 Å². The maximum atomic E-state index is 6.11. The van der Waals surface area contributed by atoms with Crippen LogP contribution < -0.4 is 16.6 Å². The van der Waals surface area contributed by atoms with Crippen LogP contribution in [0.3, 0.4) is 0 Å². The van der Waals surface area contributed by atoms with E-state index in [1.165, 1.54) is 0 Å². The Hall–Kier alpha value is -2.31. The summed E-state index contributed by atoms with van der Waals surface area (Å²) in [6.07, 6.45) is 1.66. The predicted molar refractivity (Wildman–Crippen MR) is 91.5 cm³/mol. The molecule has 3 aromatic rings. The first-order chi connectivity index (χ1) is 10.6. The molecule has 0 atom stereocenters. The van der Waals surface area contributed by atoms with E-state index < -0.39 is 0 Å². The van der Waals surface area contributed by atoms with Crippen LogP contribution in [0.1, 0.15) is 13.8 Å². The summed E-state index contributed by atoms with van der Waals surface area (Å²) in [6, 6.07) is 9.81. The first kappa shape index (κ1) is 14.6. The smallest absolute Gasteiger partial charge is 0.226 e. The highest BCUT2D eigenvalue weighted by Crippen LogP contribution is 2.31. The summed E-state index contributed by atoms with van der Waals surface area (Å²) in [4.78, 5) is 5.59. The largest absolute Gasteiger partial charge is 0.444 e. The zero-order valence-electron chi connectivity index (χ0n) is 12.5. The van der Waals surface area contributed by atoms with Crippen LogP contribution in [0.15, 0.2) is 46.4 Å². The summed E-state index contributed by atoms with van der Waals surface area (Å²) in [7, 11) is 0. The quantitative estimate of drug-likeness (QED) is 0.435. The highest BCUT2D eigenvalue weighted by atomic mass is 32.1. The second-order valence-corrected chi connectivity index (χ2v) is 6.24. The van der Waals surface area contributed by atoms with E-state index in [-0.39, 0.29) is 6.04 Å². The Morgan fingerprint density at radius 2 is 2.09 bits per heavy atom. The van der Waals surface area contributed by atoms with Crippen molar-refractivity contribution in [1.29, 1.82) is 0 Å². The number of thiophene rings is 1. The van der Waals surface area contributed by atoms with E-state index in [0.717, 1.165) is 21.8 Å². The van der Waals surface area contributed by atoms with Crippen LogP contribution in [0.5, 0.6) is 0 Å². The van der Waals surface area contributed by atoms with Crippen LogP contribution in [0.4, 0.5) is 11.4 Å². The summed E-state index contributed by atoms with van der Waals surface area (Å²) < 4.78 is 5.57. The summed E-state index contributed by atoms with van der Waals surface area (Å²) >= 11 is 1.63. The molecule has 2 aromatic heterocycles. The van der Waals surface area contributed by atoms with Gasteiger partial charge in [-0.3, -0.25) is 0 Å². The Morgan fingerprint density at radius 1 is 1.27 bits per heavy atom. The average molecular weight is 314 g/mol. The standard InChI is InChI=1S/C16H18N4OS/c1-10(2)20(18)14-6-5-11(8-12(14)17)16-19-13(9-21-16)15-4-3-7-22-15/h3-10H,17-18H2,1-2H3. The van der Waals surface area contributed by atoms with Crippen molar-refractivity contribution in [2.75, 3.05) is 10.7 Å².